The molecule has 0 atom stereocenters. The van der Waals surface area contributed by atoms with E-state index in [0.29, 0.717) is 43.8 Å². The Kier molecular flexibility index (Phi) is 8.00. The van der Waals surface area contributed by atoms with Crippen molar-refractivity contribution in [2.45, 2.75) is 38.5 Å². The Morgan fingerprint density at radius 3 is 1.37 bits per heavy atom. The minimum Gasteiger partial charge on any atom is -0.465 e. The van der Waals surface area contributed by atoms with E-state index in [4.69, 9.17) is 14.2 Å². The van der Waals surface area contributed by atoms with Crippen molar-refractivity contribution in [3.05, 3.63) is 91.7 Å². The minimum atomic E-state index is -0.442. The fourth-order valence-electron chi connectivity index (χ4n) is 5.46. The molecule has 0 radical (unpaired) electrons. The molecule has 2 amide bonds. The maximum Gasteiger partial charge on any atom is 0.341 e. The molecule has 2 N–H and O–H groups in total. The van der Waals surface area contributed by atoms with Gasteiger partial charge in [0.25, 0.3) is 11.8 Å². The lowest BCUT2D eigenvalue weighted by molar-refractivity contribution is 0.0592. The summed E-state index contributed by atoms with van der Waals surface area (Å²) in [5.74, 6) is -0.535. The molecule has 0 saturated carbocycles. The second kappa shape index (κ2) is 12.0. The van der Waals surface area contributed by atoms with Crippen molar-refractivity contribution >= 4 is 56.4 Å². The molecular formula is C32H28N2O7S2. The van der Waals surface area contributed by atoms with Crippen molar-refractivity contribution in [1.29, 1.82) is 0 Å². The fraction of sp³-hybridized carbons (Fsp3) is 0.250. The molecule has 2 aromatic heterocycles. The van der Waals surface area contributed by atoms with E-state index in [1.54, 1.807) is 48.5 Å². The predicted molar refractivity (Wildman–Crippen MR) is 164 cm³/mol. The van der Waals surface area contributed by atoms with Crippen LogP contribution in [0, 0.1) is 0 Å². The number of thiophene rings is 2. The van der Waals surface area contributed by atoms with Gasteiger partial charge in [-0.05, 0) is 98.2 Å². The van der Waals surface area contributed by atoms with Crippen molar-refractivity contribution in [3.8, 4) is 11.5 Å². The van der Waals surface area contributed by atoms with E-state index < -0.39 is 11.9 Å². The second-order valence-corrected chi connectivity index (χ2v) is 12.4. The average Bonchev–Trinajstić information content (AvgIpc) is 3.79. The molecule has 0 spiro atoms. The van der Waals surface area contributed by atoms with Gasteiger partial charge in [0, 0.05) is 20.9 Å². The Morgan fingerprint density at radius 2 is 1.00 bits per heavy atom. The van der Waals surface area contributed by atoms with Crippen LogP contribution in [-0.4, -0.2) is 38.0 Å². The van der Waals surface area contributed by atoms with E-state index in [0.717, 1.165) is 59.4 Å². The molecule has 43 heavy (non-hydrogen) atoms. The van der Waals surface area contributed by atoms with Crippen molar-refractivity contribution in [3.63, 3.8) is 0 Å². The van der Waals surface area contributed by atoms with Crippen LogP contribution in [0.5, 0.6) is 11.5 Å². The number of anilines is 2. The highest BCUT2D eigenvalue weighted by molar-refractivity contribution is 7.17. The Morgan fingerprint density at radius 1 is 0.605 bits per heavy atom. The molecule has 2 heterocycles. The summed E-state index contributed by atoms with van der Waals surface area (Å²) in [6.45, 7) is 0. The molecule has 0 unspecified atom stereocenters. The summed E-state index contributed by atoms with van der Waals surface area (Å²) in [7, 11) is 2.68. The van der Waals surface area contributed by atoms with Gasteiger partial charge in [-0.1, -0.05) is 0 Å². The van der Waals surface area contributed by atoms with Gasteiger partial charge >= 0.3 is 11.9 Å². The number of carbonyl (C=O) groups is 4. The van der Waals surface area contributed by atoms with E-state index in [1.165, 1.54) is 36.9 Å². The third-order valence-corrected chi connectivity index (χ3v) is 9.96. The number of nitrogens with one attached hydrogen (secondary N) is 2. The number of amides is 2. The highest BCUT2D eigenvalue weighted by atomic mass is 32.1. The Hall–Kier alpha value is -4.48. The number of aryl methyl sites for hydroxylation is 2. The van der Waals surface area contributed by atoms with Gasteiger partial charge < -0.3 is 24.8 Å². The lowest BCUT2D eigenvalue weighted by Crippen LogP contribution is -2.14. The van der Waals surface area contributed by atoms with E-state index >= 15 is 0 Å². The van der Waals surface area contributed by atoms with Gasteiger partial charge in [-0.2, -0.15) is 0 Å². The normalized spacial score (nSPS) is 13.2. The maximum absolute atomic E-state index is 13.0. The molecule has 0 saturated heterocycles. The van der Waals surface area contributed by atoms with Crippen molar-refractivity contribution < 1.29 is 33.4 Å². The number of methoxy groups -OCH3 is 2. The van der Waals surface area contributed by atoms with Crippen LogP contribution >= 0.6 is 22.7 Å². The quantitative estimate of drug-likeness (QED) is 0.213. The first-order valence-corrected chi connectivity index (χ1v) is 15.5. The molecule has 4 aromatic rings. The maximum atomic E-state index is 13.0. The number of esters is 2. The van der Waals surface area contributed by atoms with E-state index in [9.17, 15) is 19.2 Å². The zero-order valence-electron chi connectivity index (χ0n) is 23.5. The third-order valence-electron chi connectivity index (χ3n) is 7.54. The van der Waals surface area contributed by atoms with Gasteiger partial charge in [-0.15, -0.1) is 22.7 Å². The second-order valence-electron chi connectivity index (χ2n) is 10.2. The molecule has 220 valence electrons. The molecule has 2 aromatic carbocycles. The number of hydrogen-bond donors (Lipinski definition) is 2. The summed E-state index contributed by atoms with van der Waals surface area (Å²) in [4.78, 5) is 52.9. The number of benzene rings is 2. The first kappa shape index (κ1) is 28.6. The molecule has 2 aliphatic rings. The van der Waals surface area contributed by atoms with Gasteiger partial charge in [0.15, 0.2) is 0 Å². The topological polar surface area (TPSA) is 120 Å². The van der Waals surface area contributed by atoms with Crippen molar-refractivity contribution in [2.24, 2.45) is 0 Å². The first-order valence-electron chi connectivity index (χ1n) is 13.8. The van der Waals surface area contributed by atoms with Crippen LogP contribution in [0.25, 0.3) is 0 Å². The van der Waals surface area contributed by atoms with Gasteiger partial charge in [-0.25, -0.2) is 9.59 Å². The SMILES string of the molecule is COC(=O)c1c(NC(=O)c2ccc(Oc3ccc(C(=O)Nc4sc5c(c4C(=O)OC)CCC5)cc3)cc2)sc2c1CCC2. The molecule has 0 aliphatic heterocycles. The molecule has 0 bridgehead atoms. The van der Waals surface area contributed by atoms with Gasteiger partial charge in [0.2, 0.25) is 0 Å². The number of carbonyl (C=O) groups excluding carboxylic acids is 4. The molecular weight excluding hydrogens is 588 g/mol. The number of fused-ring (bicyclic) bond motifs is 2. The standard InChI is InChI=1S/C32H28N2O7S2/c1-39-31(37)25-21-5-3-7-23(21)42-29(25)33-27(35)17-9-13-19(14-10-17)41-20-15-11-18(12-16-20)28(36)34-30-26(32(38)40-2)22-6-4-8-24(22)43-30/h9-16H,3-8H2,1-2H3,(H,33,35)(H,34,36). The molecule has 0 fully saturated rings. The van der Waals surface area contributed by atoms with Crippen molar-refractivity contribution in [1.82, 2.24) is 0 Å². The monoisotopic (exact) mass is 616 g/mol. The van der Waals surface area contributed by atoms with Gasteiger partial charge in [0.05, 0.1) is 25.3 Å². The van der Waals surface area contributed by atoms with Crippen LogP contribution in [0.2, 0.25) is 0 Å². The van der Waals surface area contributed by atoms with Crippen LogP contribution in [-0.2, 0) is 35.2 Å². The zero-order chi connectivity index (χ0) is 30.1. The van der Waals surface area contributed by atoms with Gasteiger partial charge in [0.1, 0.15) is 21.5 Å². The summed E-state index contributed by atoms with van der Waals surface area (Å²) in [6, 6.07) is 13.3. The van der Waals surface area contributed by atoms with Crippen LogP contribution < -0.4 is 15.4 Å². The predicted octanol–water partition coefficient (Wildman–Crippen LogP) is 6.66. The molecule has 9 nitrogen and oxygen atoms in total. The summed E-state index contributed by atoms with van der Waals surface area (Å²) in [5, 5.41) is 6.77. The minimum absolute atomic E-state index is 0.335. The van der Waals surface area contributed by atoms with Crippen LogP contribution in [0.1, 0.15) is 75.2 Å². The zero-order valence-corrected chi connectivity index (χ0v) is 25.2. The smallest absolute Gasteiger partial charge is 0.341 e. The largest absolute Gasteiger partial charge is 0.465 e. The highest BCUT2D eigenvalue weighted by Gasteiger charge is 2.29. The summed E-state index contributed by atoms with van der Waals surface area (Å²) in [6.07, 6.45) is 5.37. The molecule has 6 rings (SSSR count). The van der Waals surface area contributed by atoms with E-state index in [1.807, 2.05) is 0 Å². The van der Waals surface area contributed by atoms with E-state index in [-0.39, 0.29) is 11.8 Å². The Labute approximate surface area is 255 Å². The van der Waals surface area contributed by atoms with E-state index in [2.05, 4.69) is 10.6 Å². The molecule has 2 aliphatic carbocycles. The lowest BCUT2D eigenvalue weighted by atomic mass is 10.1. The number of ether oxygens (including phenoxy) is 3. The Bertz CT molecular complexity index is 1610. The number of hydrogen-bond acceptors (Lipinski definition) is 9. The van der Waals surface area contributed by atoms with Crippen LogP contribution in [0.15, 0.2) is 48.5 Å². The van der Waals surface area contributed by atoms with Gasteiger partial charge in [-0.3, -0.25) is 9.59 Å². The first-order chi connectivity index (χ1) is 20.9. The summed E-state index contributed by atoms with van der Waals surface area (Å²) < 4.78 is 15.8. The van der Waals surface area contributed by atoms with Crippen molar-refractivity contribution in [2.75, 3.05) is 24.9 Å². The summed E-state index contributed by atoms with van der Waals surface area (Å²) in [5.41, 5.74) is 3.67. The van der Waals surface area contributed by atoms with Crippen LogP contribution in [0.4, 0.5) is 10.0 Å². The average molecular weight is 617 g/mol. The Balaban J connectivity index is 1.09. The highest BCUT2D eigenvalue weighted by Crippen LogP contribution is 2.41. The molecule has 11 heteroatoms. The lowest BCUT2D eigenvalue weighted by Gasteiger charge is -2.10. The third kappa shape index (κ3) is 5.65. The van der Waals surface area contributed by atoms with Crippen LogP contribution in [0.3, 0.4) is 0 Å². The number of rotatable bonds is 8. The summed E-state index contributed by atoms with van der Waals surface area (Å²) >= 11 is 2.85. The fourth-order valence-corrected chi connectivity index (χ4v) is 8.00.